The number of hydrogen-bond donors (Lipinski definition) is 2. The summed E-state index contributed by atoms with van der Waals surface area (Å²) in [6.45, 7) is 1.91. The molecule has 112 valence electrons. The summed E-state index contributed by atoms with van der Waals surface area (Å²) in [6, 6.07) is 7.86. The van der Waals surface area contributed by atoms with Gasteiger partial charge in [-0.1, -0.05) is 23.7 Å². The van der Waals surface area contributed by atoms with E-state index < -0.39 is 0 Å². The Bertz CT molecular complexity index is 921. The number of guanidine groups is 1. The molecule has 1 aliphatic rings. The molecule has 0 amide bonds. The number of anilines is 1. The van der Waals surface area contributed by atoms with E-state index in [4.69, 9.17) is 17.3 Å². The highest BCUT2D eigenvalue weighted by Crippen LogP contribution is 2.36. The molecule has 8 heteroatoms. The number of aromatic nitrogens is 4. The highest BCUT2D eigenvalue weighted by atomic mass is 35.5. The second-order valence-electron chi connectivity index (χ2n) is 5.22. The van der Waals surface area contributed by atoms with E-state index in [9.17, 15) is 0 Å². The van der Waals surface area contributed by atoms with Crippen LogP contribution in [0.5, 0.6) is 0 Å². The Morgan fingerprint density at radius 3 is 2.82 bits per heavy atom. The molecule has 0 saturated carbocycles. The van der Waals surface area contributed by atoms with Gasteiger partial charge in [0.25, 0.3) is 0 Å². The van der Waals surface area contributed by atoms with E-state index >= 15 is 0 Å². The van der Waals surface area contributed by atoms with Gasteiger partial charge < -0.3 is 5.73 Å². The second kappa shape index (κ2) is 4.48. The average molecular weight is 316 g/mol. The summed E-state index contributed by atoms with van der Waals surface area (Å²) in [6.07, 6.45) is -0.384. The lowest BCUT2D eigenvalue weighted by Gasteiger charge is -2.23. The van der Waals surface area contributed by atoms with Gasteiger partial charge in [-0.25, -0.2) is 9.98 Å². The van der Waals surface area contributed by atoms with E-state index in [1.165, 1.54) is 0 Å². The summed E-state index contributed by atoms with van der Waals surface area (Å²) in [5.41, 5.74) is 9.41. The maximum atomic E-state index is 6.42. The number of imidazole rings is 1. The maximum Gasteiger partial charge on any atom is 0.212 e. The summed E-state index contributed by atoms with van der Waals surface area (Å²) in [5.74, 6) is 0.963. The highest BCUT2D eigenvalue weighted by Gasteiger charge is 2.29. The molecule has 1 aliphatic heterocycles. The molecule has 3 heterocycles. The molecule has 0 aliphatic carbocycles. The molecule has 1 atom stereocenters. The van der Waals surface area contributed by atoms with Crippen molar-refractivity contribution >= 4 is 34.5 Å². The third-order valence-corrected chi connectivity index (χ3v) is 4.24. The first kappa shape index (κ1) is 13.1. The molecule has 4 rings (SSSR count). The molecule has 0 saturated heterocycles. The zero-order valence-electron chi connectivity index (χ0n) is 12.1. The molecule has 1 unspecified atom stereocenters. The normalized spacial score (nSPS) is 17.2. The van der Waals surface area contributed by atoms with Crippen molar-refractivity contribution in [2.24, 2.45) is 17.8 Å². The molecular weight excluding hydrogens is 302 g/mol. The predicted octanol–water partition coefficient (Wildman–Crippen LogP) is 2.02. The van der Waals surface area contributed by atoms with Gasteiger partial charge in [0, 0.05) is 7.05 Å². The summed E-state index contributed by atoms with van der Waals surface area (Å²) in [4.78, 5) is 9.09. The molecule has 22 heavy (non-hydrogen) atoms. The van der Waals surface area contributed by atoms with Crippen molar-refractivity contribution in [3.05, 3.63) is 40.7 Å². The largest absolute Gasteiger partial charge is 0.370 e. The number of halogens is 1. The Kier molecular flexibility index (Phi) is 2.67. The molecule has 0 bridgehead atoms. The van der Waals surface area contributed by atoms with Gasteiger partial charge >= 0.3 is 0 Å². The standard InChI is InChI=1S/C14H14ClN7/c1-7-10(11(15)21(2)20-7)12-18-13(16)19-14-17-8-5-3-4-6-9(8)22(12)14/h3-6,12H,1-2H3,(H3,16,17,18,19). The molecule has 0 radical (unpaired) electrons. The minimum absolute atomic E-state index is 0.312. The van der Waals surface area contributed by atoms with E-state index in [1.807, 2.05) is 35.8 Å². The number of para-hydroxylation sites is 2. The summed E-state index contributed by atoms with van der Waals surface area (Å²) >= 11 is 6.42. The van der Waals surface area contributed by atoms with Crippen molar-refractivity contribution in [2.45, 2.75) is 13.1 Å². The van der Waals surface area contributed by atoms with Crippen LogP contribution < -0.4 is 11.1 Å². The Morgan fingerprint density at radius 2 is 2.09 bits per heavy atom. The van der Waals surface area contributed by atoms with E-state index in [2.05, 4.69) is 20.4 Å². The van der Waals surface area contributed by atoms with Crippen molar-refractivity contribution in [1.29, 1.82) is 0 Å². The topological polar surface area (TPSA) is 86.1 Å². The smallest absolute Gasteiger partial charge is 0.212 e. The van der Waals surface area contributed by atoms with Gasteiger partial charge in [-0.05, 0) is 19.1 Å². The van der Waals surface area contributed by atoms with Crippen LogP contribution in [-0.4, -0.2) is 25.3 Å². The maximum absolute atomic E-state index is 6.42. The van der Waals surface area contributed by atoms with Gasteiger partial charge in [0.15, 0.2) is 12.1 Å². The Labute approximate surface area is 131 Å². The number of nitrogens with two attached hydrogens (primary N) is 1. The number of fused-ring (bicyclic) bond motifs is 3. The number of benzene rings is 1. The first-order chi connectivity index (χ1) is 10.6. The Balaban J connectivity index is 2.02. The number of rotatable bonds is 1. The van der Waals surface area contributed by atoms with Crippen LogP contribution in [0.4, 0.5) is 5.95 Å². The van der Waals surface area contributed by atoms with E-state index in [0.29, 0.717) is 17.1 Å². The van der Waals surface area contributed by atoms with E-state index in [0.717, 1.165) is 22.3 Å². The van der Waals surface area contributed by atoms with Crippen molar-refractivity contribution in [3.8, 4) is 0 Å². The van der Waals surface area contributed by atoms with Gasteiger partial charge in [-0.3, -0.25) is 14.6 Å². The van der Waals surface area contributed by atoms with Crippen molar-refractivity contribution in [3.63, 3.8) is 0 Å². The SMILES string of the molecule is Cc1nn(C)c(Cl)c1C1N=C(N)Nc2nc3ccccc3n21. The summed E-state index contributed by atoms with van der Waals surface area (Å²) in [5, 5.41) is 7.92. The van der Waals surface area contributed by atoms with E-state index in [1.54, 1.807) is 11.7 Å². The van der Waals surface area contributed by atoms with Gasteiger partial charge in [-0.15, -0.1) is 0 Å². The molecule has 0 fully saturated rings. The second-order valence-corrected chi connectivity index (χ2v) is 5.58. The fourth-order valence-electron chi connectivity index (χ4n) is 2.85. The van der Waals surface area contributed by atoms with Gasteiger partial charge in [0.05, 0.1) is 22.3 Å². The van der Waals surface area contributed by atoms with Gasteiger partial charge in [0.1, 0.15) is 5.15 Å². The molecule has 3 aromatic rings. The van der Waals surface area contributed by atoms with Crippen LogP contribution in [0.25, 0.3) is 11.0 Å². The molecule has 7 nitrogen and oxygen atoms in total. The van der Waals surface area contributed by atoms with E-state index in [-0.39, 0.29) is 6.17 Å². The van der Waals surface area contributed by atoms with Crippen LogP contribution in [0, 0.1) is 6.92 Å². The van der Waals surface area contributed by atoms with Crippen LogP contribution in [0.3, 0.4) is 0 Å². The number of nitrogens with one attached hydrogen (secondary N) is 1. The van der Waals surface area contributed by atoms with Crippen molar-refractivity contribution in [1.82, 2.24) is 19.3 Å². The molecule has 3 N–H and O–H groups in total. The van der Waals surface area contributed by atoms with Crippen LogP contribution in [0.15, 0.2) is 29.3 Å². The fourth-order valence-corrected chi connectivity index (χ4v) is 3.12. The Hall–Kier alpha value is -2.54. The first-order valence-electron chi connectivity index (χ1n) is 6.82. The minimum Gasteiger partial charge on any atom is -0.370 e. The fraction of sp³-hybridized carbons (Fsp3) is 0.214. The Morgan fingerprint density at radius 1 is 1.32 bits per heavy atom. The monoisotopic (exact) mass is 315 g/mol. The van der Waals surface area contributed by atoms with Crippen molar-refractivity contribution < 1.29 is 0 Å². The first-order valence-corrected chi connectivity index (χ1v) is 7.20. The van der Waals surface area contributed by atoms with Crippen LogP contribution in [0.2, 0.25) is 5.15 Å². The quantitative estimate of drug-likeness (QED) is 0.719. The lowest BCUT2D eigenvalue weighted by molar-refractivity contribution is 0.622. The average Bonchev–Trinajstić information content (AvgIpc) is 2.95. The number of aliphatic imine (C=N–C) groups is 1. The highest BCUT2D eigenvalue weighted by molar-refractivity contribution is 6.30. The van der Waals surface area contributed by atoms with Crippen LogP contribution in [0.1, 0.15) is 17.4 Å². The molecular formula is C14H14ClN7. The minimum atomic E-state index is -0.384. The lowest BCUT2D eigenvalue weighted by Crippen LogP contribution is -2.31. The number of nitrogens with zero attached hydrogens (tertiary/aromatic N) is 5. The molecule has 1 aromatic carbocycles. The number of hydrogen-bond acceptors (Lipinski definition) is 5. The zero-order valence-corrected chi connectivity index (χ0v) is 12.8. The molecule has 0 spiro atoms. The third kappa shape index (κ3) is 1.72. The summed E-state index contributed by atoms with van der Waals surface area (Å²) in [7, 11) is 1.81. The summed E-state index contributed by atoms with van der Waals surface area (Å²) < 4.78 is 3.63. The predicted molar refractivity (Wildman–Crippen MR) is 86.1 cm³/mol. The van der Waals surface area contributed by atoms with Gasteiger partial charge in [0.2, 0.25) is 5.95 Å². The van der Waals surface area contributed by atoms with Gasteiger partial charge in [-0.2, -0.15) is 5.10 Å². The van der Waals surface area contributed by atoms with Crippen LogP contribution in [-0.2, 0) is 7.05 Å². The third-order valence-electron chi connectivity index (χ3n) is 3.80. The lowest BCUT2D eigenvalue weighted by atomic mass is 10.2. The zero-order chi connectivity index (χ0) is 15.4. The van der Waals surface area contributed by atoms with Crippen LogP contribution >= 0.6 is 11.6 Å². The number of aryl methyl sites for hydroxylation is 2. The molecule has 2 aromatic heterocycles. The van der Waals surface area contributed by atoms with Crippen molar-refractivity contribution in [2.75, 3.05) is 5.32 Å².